The highest BCUT2D eigenvalue weighted by molar-refractivity contribution is 7.15. The van der Waals surface area contributed by atoms with Crippen molar-refractivity contribution in [2.24, 2.45) is 0 Å². The SMILES string of the molecule is Cc1ccc(C(O)CNc2nnc(Cc3ccc(F)cc3)s2)cc1. The zero-order chi connectivity index (χ0) is 16.9. The van der Waals surface area contributed by atoms with E-state index in [-0.39, 0.29) is 5.82 Å². The Balaban J connectivity index is 1.55. The molecule has 0 aliphatic rings. The molecule has 0 amide bonds. The molecular formula is C18H18FN3OS. The van der Waals surface area contributed by atoms with Crippen LogP contribution in [0.3, 0.4) is 0 Å². The molecule has 0 aliphatic heterocycles. The maximum Gasteiger partial charge on any atom is 0.205 e. The molecule has 2 N–H and O–H groups in total. The molecule has 0 aliphatic carbocycles. The summed E-state index contributed by atoms with van der Waals surface area (Å²) < 4.78 is 12.9. The number of aromatic nitrogens is 2. The average Bonchev–Trinajstić information content (AvgIpc) is 3.03. The van der Waals surface area contributed by atoms with E-state index in [2.05, 4.69) is 15.5 Å². The lowest BCUT2D eigenvalue weighted by molar-refractivity contribution is 0.191. The Hall–Kier alpha value is -2.31. The van der Waals surface area contributed by atoms with E-state index in [0.29, 0.717) is 18.1 Å². The van der Waals surface area contributed by atoms with Crippen LogP contribution in [0, 0.1) is 12.7 Å². The van der Waals surface area contributed by atoms with Crippen LogP contribution in [0.2, 0.25) is 0 Å². The van der Waals surface area contributed by atoms with E-state index in [9.17, 15) is 9.50 Å². The third-order valence-corrected chi connectivity index (χ3v) is 4.53. The first-order valence-electron chi connectivity index (χ1n) is 7.65. The number of nitrogens with zero attached hydrogens (tertiary/aromatic N) is 2. The van der Waals surface area contributed by atoms with E-state index in [0.717, 1.165) is 21.7 Å². The monoisotopic (exact) mass is 343 g/mol. The van der Waals surface area contributed by atoms with Crippen molar-refractivity contribution in [2.75, 3.05) is 11.9 Å². The standard InChI is InChI=1S/C18H18FN3OS/c1-12-2-6-14(7-3-12)16(23)11-20-18-22-21-17(24-18)10-13-4-8-15(19)9-5-13/h2-9,16,23H,10-11H2,1H3,(H,20,22). The maximum absolute atomic E-state index is 12.9. The van der Waals surface area contributed by atoms with Crippen molar-refractivity contribution in [3.63, 3.8) is 0 Å². The lowest BCUT2D eigenvalue weighted by atomic mass is 10.1. The molecule has 1 heterocycles. The molecule has 0 spiro atoms. The molecule has 0 saturated heterocycles. The van der Waals surface area contributed by atoms with E-state index in [1.807, 2.05) is 31.2 Å². The van der Waals surface area contributed by atoms with Gasteiger partial charge < -0.3 is 10.4 Å². The van der Waals surface area contributed by atoms with Crippen molar-refractivity contribution < 1.29 is 9.50 Å². The number of anilines is 1. The smallest absolute Gasteiger partial charge is 0.205 e. The molecule has 0 radical (unpaired) electrons. The van der Waals surface area contributed by atoms with Crippen LogP contribution in [-0.4, -0.2) is 21.8 Å². The molecule has 3 rings (SSSR count). The quantitative estimate of drug-likeness (QED) is 0.716. The molecule has 1 atom stereocenters. The van der Waals surface area contributed by atoms with Gasteiger partial charge in [-0.25, -0.2) is 4.39 Å². The second kappa shape index (κ2) is 7.51. The fourth-order valence-corrected chi connectivity index (χ4v) is 3.04. The fourth-order valence-electron chi connectivity index (χ4n) is 2.26. The first kappa shape index (κ1) is 16.5. The molecule has 2 aromatic carbocycles. The van der Waals surface area contributed by atoms with E-state index in [1.54, 1.807) is 12.1 Å². The summed E-state index contributed by atoms with van der Waals surface area (Å²) in [6.45, 7) is 2.38. The average molecular weight is 343 g/mol. The zero-order valence-electron chi connectivity index (χ0n) is 13.2. The third-order valence-electron chi connectivity index (χ3n) is 3.64. The zero-order valence-corrected chi connectivity index (χ0v) is 14.1. The van der Waals surface area contributed by atoms with Crippen LogP contribution in [-0.2, 0) is 6.42 Å². The van der Waals surface area contributed by atoms with Crippen LogP contribution in [0.4, 0.5) is 9.52 Å². The number of aliphatic hydroxyl groups excluding tert-OH is 1. The van der Waals surface area contributed by atoms with E-state index >= 15 is 0 Å². The largest absolute Gasteiger partial charge is 0.387 e. The summed E-state index contributed by atoms with van der Waals surface area (Å²) in [7, 11) is 0. The molecule has 3 aromatic rings. The molecule has 1 aromatic heterocycles. The lowest BCUT2D eigenvalue weighted by Gasteiger charge is -2.11. The van der Waals surface area contributed by atoms with Crippen molar-refractivity contribution in [3.8, 4) is 0 Å². The third kappa shape index (κ3) is 4.37. The summed E-state index contributed by atoms with van der Waals surface area (Å²) in [5, 5.41) is 23.0. The minimum absolute atomic E-state index is 0.247. The molecule has 4 nitrogen and oxygen atoms in total. The van der Waals surface area contributed by atoms with Crippen molar-refractivity contribution in [1.29, 1.82) is 0 Å². The molecule has 0 fully saturated rings. The highest BCUT2D eigenvalue weighted by atomic mass is 32.1. The van der Waals surface area contributed by atoms with Crippen molar-refractivity contribution >= 4 is 16.5 Å². The van der Waals surface area contributed by atoms with Gasteiger partial charge in [-0.3, -0.25) is 0 Å². The Bertz CT molecular complexity index is 787. The molecule has 0 saturated carbocycles. The molecule has 0 bridgehead atoms. The van der Waals surface area contributed by atoms with Crippen LogP contribution in [0.5, 0.6) is 0 Å². The number of aliphatic hydroxyl groups is 1. The van der Waals surface area contributed by atoms with Crippen molar-refractivity contribution in [1.82, 2.24) is 10.2 Å². The summed E-state index contributed by atoms with van der Waals surface area (Å²) in [6.07, 6.45) is 0.00945. The Morgan fingerprint density at radius 2 is 1.79 bits per heavy atom. The van der Waals surface area contributed by atoms with Crippen molar-refractivity contribution in [2.45, 2.75) is 19.4 Å². The van der Waals surface area contributed by atoms with Gasteiger partial charge in [-0.2, -0.15) is 0 Å². The van der Waals surface area contributed by atoms with E-state index in [4.69, 9.17) is 0 Å². The van der Waals surface area contributed by atoms with Gasteiger partial charge in [0.05, 0.1) is 6.10 Å². The number of hydrogen-bond acceptors (Lipinski definition) is 5. The second-order valence-electron chi connectivity index (χ2n) is 5.61. The number of rotatable bonds is 6. The predicted octanol–water partition coefficient (Wildman–Crippen LogP) is 3.72. The molecule has 24 heavy (non-hydrogen) atoms. The second-order valence-corrected chi connectivity index (χ2v) is 6.67. The summed E-state index contributed by atoms with van der Waals surface area (Å²) >= 11 is 1.43. The van der Waals surface area contributed by atoms with Crippen LogP contribution < -0.4 is 5.32 Å². The lowest BCUT2D eigenvalue weighted by Crippen LogP contribution is -2.11. The highest BCUT2D eigenvalue weighted by Crippen LogP contribution is 2.20. The summed E-state index contributed by atoms with van der Waals surface area (Å²) in [6, 6.07) is 14.1. The Morgan fingerprint density at radius 3 is 2.50 bits per heavy atom. The minimum Gasteiger partial charge on any atom is -0.387 e. The molecule has 124 valence electrons. The maximum atomic E-state index is 12.9. The van der Waals surface area contributed by atoms with Gasteiger partial charge in [0, 0.05) is 13.0 Å². The number of aryl methyl sites for hydroxylation is 1. The van der Waals surface area contributed by atoms with Gasteiger partial charge >= 0.3 is 0 Å². The normalized spacial score (nSPS) is 12.1. The first-order valence-corrected chi connectivity index (χ1v) is 8.47. The van der Waals surface area contributed by atoms with Crippen LogP contribution in [0.15, 0.2) is 48.5 Å². The summed E-state index contributed by atoms with van der Waals surface area (Å²) in [5.41, 5.74) is 3.01. The van der Waals surface area contributed by atoms with Gasteiger partial charge in [0.15, 0.2) is 0 Å². The Morgan fingerprint density at radius 1 is 1.08 bits per heavy atom. The summed E-state index contributed by atoms with van der Waals surface area (Å²) in [5.74, 6) is -0.247. The summed E-state index contributed by atoms with van der Waals surface area (Å²) in [4.78, 5) is 0. The molecular weight excluding hydrogens is 325 g/mol. The first-order chi connectivity index (χ1) is 11.6. The van der Waals surface area contributed by atoms with E-state index in [1.165, 1.54) is 23.5 Å². The van der Waals surface area contributed by atoms with Gasteiger partial charge in [-0.15, -0.1) is 10.2 Å². The number of benzene rings is 2. The van der Waals surface area contributed by atoms with Crippen LogP contribution >= 0.6 is 11.3 Å². The predicted molar refractivity (Wildman–Crippen MR) is 93.7 cm³/mol. The minimum atomic E-state index is -0.602. The van der Waals surface area contributed by atoms with Crippen LogP contribution in [0.1, 0.15) is 27.8 Å². The van der Waals surface area contributed by atoms with Gasteiger partial charge in [0.2, 0.25) is 5.13 Å². The van der Waals surface area contributed by atoms with Gasteiger partial charge in [-0.05, 0) is 30.2 Å². The van der Waals surface area contributed by atoms with Crippen LogP contribution in [0.25, 0.3) is 0 Å². The fraction of sp³-hybridized carbons (Fsp3) is 0.222. The van der Waals surface area contributed by atoms with Gasteiger partial charge in [0.25, 0.3) is 0 Å². The highest BCUT2D eigenvalue weighted by Gasteiger charge is 2.10. The van der Waals surface area contributed by atoms with E-state index < -0.39 is 6.10 Å². The molecule has 6 heteroatoms. The topological polar surface area (TPSA) is 58.0 Å². The number of hydrogen-bond donors (Lipinski definition) is 2. The van der Waals surface area contributed by atoms with Gasteiger partial charge in [-0.1, -0.05) is 53.3 Å². The number of nitrogens with one attached hydrogen (secondary N) is 1. The Kier molecular flexibility index (Phi) is 5.17. The van der Waals surface area contributed by atoms with Gasteiger partial charge in [0.1, 0.15) is 10.8 Å². The Labute approximate surface area is 144 Å². The van der Waals surface area contributed by atoms with Crippen molar-refractivity contribution in [3.05, 3.63) is 76.0 Å². The molecule has 1 unspecified atom stereocenters. The number of halogens is 1.